The molecule has 220 valence electrons. The van der Waals surface area contributed by atoms with Gasteiger partial charge in [-0.3, -0.25) is 13.9 Å². The highest BCUT2D eigenvalue weighted by Crippen LogP contribution is 2.27. The number of hydrogen-bond acceptors (Lipinski definition) is 5. The summed E-state index contributed by atoms with van der Waals surface area (Å²) in [4.78, 5) is 28.9. The van der Waals surface area contributed by atoms with Gasteiger partial charge in [-0.05, 0) is 80.8 Å². The first-order valence-electron chi connectivity index (χ1n) is 13.6. The summed E-state index contributed by atoms with van der Waals surface area (Å²) in [7, 11) is -2.70. The summed E-state index contributed by atoms with van der Waals surface area (Å²) in [5.74, 6) is -0.288. The van der Waals surface area contributed by atoms with Crippen LogP contribution in [-0.2, 0) is 26.2 Å². The molecular formula is C31H38ClN3O5S. The van der Waals surface area contributed by atoms with Gasteiger partial charge in [0.25, 0.3) is 10.0 Å². The lowest BCUT2D eigenvalue weighted by molar-refractivity contribution is -0.140. The van der Waals surface area contributed by atoms with Crippen LogP contribution in [0.3, 0.4) is 0 Å². The summed E-state index contributed by atoms with van der Waals surface area (Å²) in [5.41, 5.74) is 2.12. The molecule has 1 N–H and O–H groups in total. The van der Waals surface area contributed by atoms with Crippen molar-refractivity contribution in [2.45, 2.75) is 64.1 Å². The van der Waals surface area contributed by atoms with Crippen molar-refractivity contribution >= 4 is 39.1 Å². The quantitative estimate of drug-likeness (QED) is 0.277. The minimum Gasteiger partial charge on any atom is -0.497 e. The molecule has 41 heavy (non-hydrogen) atoms. The maximum atomic E-state index is 14.1. The number of benzene rings is 3. The number of halogens is 1. The molecule has 0 heterocycles. The first-order chi connectivity index (χ1) is 19.5. The Morgan fingerprint density at radius 3 is 2.20 bits per heavy atom. The van der Waals surface area contributed by atoms with E-state index in [0.717, 1.165) is 21.9 Å². The predicted molar refractivity (Wildman–Crippen MR) is 163 cm³/mol. The van der Waals surface area contributed by atoms with E-state index in [0.29, 0.717) is 17.2 Å². The van der Waals surface area contributed by atoms with Gasteiger partial charge in [0, 0.05) is 17.6 Å². The summed E-state index contributed by atoms with van der Waals surface area (Å²) >= 11 is 6.09. The molecule has 10 heteroatoms. The Labute approximate surface area is 248 Å². The lowest BCUT2D eigenvalue weighted by Gasteiger charge is -2.33. The van der Waals surface area contributed by atoms with E-state index >= 15 is 0 Å². The van der Waals surface area contributed by atoms with Crippen molar-refractivity contribution in [3.63, 3.8) is 0 Å². The van der Waals surface area contributed by atoms with E-state index in [4.69, 9.17) is 16.3 Å². The molecule has 0 saturated carbocycles. The van der Waals surface area contributed by atoms with Crippen LogP contribution in [0, 0.1) is 6.92 Å². The minimum absolute atomic E-state index is 0.00663. The number of carbonyl (C=O) groups is 2. The second-order valence-electron chi connectivity index (χ2n) is 9.92. The van der Waals surface area contributed by atoms with Gasteiger partial charge < -0.3 is 15.0 Å². The number of aryl methyl sites for hydroxylation is 1. The van der Waals surface area contributed by atoms with E-state index < -0.39 is 28.5 Å². The number of amides is 2. The van der Waals surface area contributed by atoms with Gasteiger partial charge in [-0.2, -0.15) is 0 Å². The summed E-state index contributed by atoms with van der Waals surface area (Å²) in [5, 5.41) is 3.41. The zero-order valence-electron chi connectivity index (χ0n) is 24.1. The highest BCUT2D eigenvalue weighted by atomic mass is 35.5. The Bertz CT molecular complexity index is 1430. The van der Waals surface area contributed by atoms with Gasteiger partial charge in [-0.25, -0.2) is 8.42 Å². The molecule has 0 aliphatic rings. The van der Waals surface area contributed by atoms with Gasteiger partial charge >= 0.3 is 0 Å². The molecule has 0 spiro atoms. The second kappa shape index (κ2) is 14.4. The second-order valence-corrected chi connectivity index (χ2v) is 12.2. The van der Waals surface area contributed by atoms with Crippen molar-refractivity contribution in [2.75, 3.05) is 18.0 Å². The molecule has 0 aliphatic carbocycles. The highest BCUT2D eigenvalue weighted by Gasteiger charge is 2.34. The van der Waals surface area contributed by atoms with Crippen molar-refractivity contribution in [1.82, 2.24) is 10.2 Å². The molecule has 3 aromatic rings. The van der Waals surface area contributed by atoms with E-state index in [1.54, 1.807) is 36.4 Å². The van der Waals surface area contributed by atoms with Crippen LogP contribution in [0.2, 0.25) is 5.02 Å². The fourth-order valence-corrected chi connectivity index (χ4v) is 5.92. The van der Waals surface area contributed by atoms with Crippen LogP contribution in [0.5, 0.6) is 5.75 Å². The van der Waals surface area contributed by atoms with Gasteiger partial charge in [0.1, 0.15) is 18.3 Å². The third-order valence-corrected chi connectivity index (χ3v) is 8.90. The average Bonchev–Trinajstić information content (AvgIpc) is 2.96. The Kier molecular flexibility index (Phi) is 11.2. The smallest absolute Gasteiger partial charge is 0.264 e. The number of carbonyl (C=O) groups excluding carboxylic acids is 2. The number of nitrogens with zero attached hydrogens (tertiary/aromatic N) is 2. The van der Waals surface area contributed by atoms with E-state index in [2.05, 4.69) is 5.32 Å². The molecule has 8 nitrogen and oxygen atoms in total. The normalized spacial score (nSPS) is 12.7. The topological polar surface area (TPSA) is 96.0 Å². The zero-order chi connectivity index (χ0) is 30.2. The van der Waals surface area contributed by atoms with Gasteiger partial charge in [-0.1, -0.05) is 55.3 Å². The number of rotatable bonds is 13. The van der Waals surface area contributed by atoms with Gasteiger partial charge in [0.05, 0.1) is 17.7 Å². The fraction of sp³-hybridized carbons (Fsp3) is 0.355. The summed E-state index contributed by atoms with van der Waals surface area (Å²) < 4.78 is 34.1. The fourth-order valence-electron chi connectivity index (χ4n) is 4.38. The van der Waals surface area contributed by atoms with Crippen LogP contribution < -0.4 is 14.4 Å². The molecule has 0 unspecified atom stereocenters. The van der Waals surface area contributed by atoms with Crippen LogP contribution >= 0.6 is 11.6 Å². The maximum absolute atomic E-state index is 14.1. The molecule has 3 rings (SSSR count). The third-order valence-electron chi connectivity index (χ3n) is 6.86. The summed E-state index contributed by atoms with van der Waals surface area (Å²) in [6.07, 6.45) is 1.09. The molecule has 2 atom stereocenters. The van der Waals surface area contributed by atoms with Gasteiger partial charge in [0.2, 0.25) is 11.8 Å². The minimum atomic E-state index is -4.19. The number of ether oxygens (including phenoxy) is 1. The molecule has 2 amide bonds. The van der Waals surface area contributed by atoms with Gasteiger partial charge in [0.15, 0.2) is 0 Å². The van der Waals surface area contributed by atoms with E-state index in [9.17, 15) is 18.0 Å². The van der Waals surface area contributed by atoms with Crippen LogP contribution in [0.15, 0.2) is 77.7 Å². The number of anilines is 1. The van der Waals surface area contributed by atoms with E-state index in [1.165, 1.54) is 24.1 Å². The molecule has 0 fully saturated rings. The largest absolute Gasteiger partial charge is 0.497 e. The summed E-state index contributed by atoms with van der Waals surface area (Å²) in [6.45, 7) is 7.28. The van der Waals surface area contributed by atoms with Crippen molar-refractivity contribution < 1.29 is 22.7 Å². The van der Waals surface area contributed by atoms with Crippen LogP contribution in [-0.4, -0.2) is 50.9 Å². The maximum Gasteiger partial charge on any atom is 0.264 e. The van der Waals surface area contributed by atoms with Crippen LogP contribution in [0.4, 0.5) is 5.69 Å². The van der Waals surface area contributed by atoms with Crippen molar-refractivity contribution in [3.8, 4) is 5.75 Å². The Morgan fingerprint density at radius 2 is 1.63 bits per heavy atom. The van der Waals surface area contributed by atoms with E-state index in [-0.39, 0.29) is 29.1 Å². The lowest BCUT2D eigenvalue weighted by atomic mass is 10.1. The molecule has 0 radical (unpaired) electrons. The molecule has 0 aromatic heterocycles. The number of methoxy groups -OCH3 is 1. The zero-order valence-corrected chi connectivity index (χ0v) is 25.7. The Balaban J connectivity index is 2.05. The average molecular weight is 600 g/mol. The number of hydrogen-bond donors (Lipinski definition) is 1. The summed E-state index contributed by atoms with van der Waals surface area (Å²) in [6, 6.07) is 19.0. The Hall–Kier alpha value is -3.56. The molecule has 0 aliphatic heterocycles. The molecule has 0 bridgehead atoms. The SMILES string of the molecule is CC[C@@H](C)NC(=O)[C@@H](CC)N(Cc1cccc(C)c1)C(=O)CN(c1ccc(Cl)cc1)S(=O)(=O)c1ccc(OC)cc1. The van der Waals surface area contributed by atoms with E-state index in [1.807, 2.05) is 52.0 Å². The monoisotopic (exact) mass is 599 g/mol. The third kappa shape index (κ3) is 8.24. The molecular weight excluding hydrogens is 562 g/mol. The highest BCUT2D eigenvalue weighted by molar-refractivity contribution is 7.92. The molecule has 0 saturated heterocycles. The van der Waals surface area contributed by atoms with Crippen LogP contribution in [0.1, 0.15) is 44.7 Å². The number of sulfonamides is 1. The predicted octanol–water partition coefficient (Wildman–Crippen LogP) is 5.57. The first kappa shape index (κ1) is 32.0. The van der Waals surface area contributed by atoms with Crippen molar-refractivity contribution in [2.24, 2.45) is 0 Å². The van der Waals surface area contributed by atoms with Crippen molar-refractivity contribution in [3.05, 3.63) is 88.9 Å². The molecule has 3 aromatic carbocycles. The number of nitrogens with one attached hydrogen (secondary N) is 1. The first-order valence-corrected chi connectivity index (χ1v) is 15.4. The standard InChI is InChI=1S/C31H38ClN3O5S/c1-6-23(4)33-31(37)29(7-2)34(20-24-10-8-9-22(3)19-24)30(36)21-35(26-13-11-25(32)12-14-26)41(38,39)28-17-15-27(40-5)16-18-28/h8-19,23,29H,6-7,20-21H2,1-5H3,(H,33,37)/t23-,29-/m1/s1. The lowest BCUT2D eigenvalue weighted by Crippen LogP contribution is -2.53. The Morgan fingerprint density at radius 1 is 0.976 bits per heavy atom. The van der Waals surface area contributed by atoms with Crippen LogP contribution in [0.25, 0.3) is 0 Å². The van der Waals surface area contributed by atoms with Gasteiger partial charge in [-0.15, -0.1) is 0 Å². The van der Waals surface area contributed by atoms with Crippen molar-refractivity contribution in [1.29, 1.82) is 0 Å².